The molecule has 0 saturated carbocycles. The third-order valence-corrected chi connectivity index (χ3v) is 6.03. The van der Waals surface area contributed by atoms with Gasteiger partial charge in [0.2, 0.25) is 0 Å². The van der Waals surface area contributed by atoms with E-state index in [1.54, 1.807) is 11.3 Å². The second kappa shape index (κ2) is 5.80. The Bertz CT molecular complexity index is 709. The molecule has 116 valence electrons. The number of carbonyl (C=O) groups excluding carboxylic acids is 1. The van der Waals surface area contributed by atoms with Crippen LogP contribution in [0.25, 0.3) is 10.2 Å². The molecule has 1 aromatic heterocycles. The highest BCUT2D eigenvalue weighted by Gasteiger charge is 2.35. The van der Waals surface area contributed by atoms with Crippen LogP contribution in [0.3, 0.4) is 0 Å². The Labute approximate surface area is 138 Å². The van der Waals surface area contributed by atoms with Crippen molar-refractivity contribution in [3.05, 3.63) is 28.2 Å². The molecule has 2 saturated heterocycles. The van der Waals surface area contributed by atoms with Gasteiger partial charge < -0.3 is 4.74 Å². The average molecular weight is 337 g/mol. The van der Waals surface area contributed by atoms with E-state index in [0.29, 0.717) is 12.5 Å². The van der Waals surface area contributed by atoms with Gasteiger partial charge in [0.05, 0.1) is 21.8 Å². The Morgan fingerprint density at radius 3 is 2.82 bits per heavy atom. The number of likely N-dealkylation sites (tertiary alicyclic amines) is 1. The van der Waals surface area contributed by atoms with E-state index in [0.717, 1.165) is 42.9 Å². The molecule has 2 aromatic rings. The maximum atomic E-state index is 11.7. The lowest BCUT2D eigenvalue weighted by Gasteiger charge is -2.33. The van der Waals surface area contributed by atoms with Crippen LogP contribution in [0.1, 0.15) is 30.2 Å². The van der Waals surface area contributed by atoms with Crippen molar-refractivity contribution in [2.75, 3.05) is 19.7 Å². The molecule has 6 heteroatoms. The van der Waals surface area contributed by atoms with Gasteiger partial charge in [0.25, 0.3) is 0 Å². The van der Waals surface area contributed by atoms with E-state index in [9.17, 15) is 4.79 Å². The van der Waals surface area contributed by atoms with Crippen molar-refractivity contribution in [2.45, 2.75) is 31.2 Å². The van der Waals surface area contributed by atoms with Crippen LogP contribution in [0.5, 0.6) is 0 Å². The quantitative estimate of drug-likeness (QED) is 0.788. The number of aromatic nitrogens is 1. The van der Waals surface area contributed by atoms with Gasteiger partial charge >= 0.3 is 5.97 Å². The number of rotatable bonds is 2. The van der Waals surface area contributed by atoms with Gasteiger partial charge in [-0.25, -0.2) is 4.98 Å². The first-order chi connectivity index (χ1) is 10.7. The number of fused-ring (bicyclic) bond motifs is 1. The summed E-state index contributed by atoms with van der Waals surface area (Å²) >= 11 is 7.80. The summed E-state index contributed by atoms with van der Waals surface area (Å²) in [6, 6.07) is 5.87. The van der Waals surface area contributed by atoms with Crippen molar-refractivity contribution in [3.8, 4) is 0 Å². The van der Waals surface area contributed by atoms with Crippen LogP contribution in [-0.4, -0.2) is 41.6 Å². The van der Waals surface area contributed by atoms with Gasteiger partial charge in [0.1, 0.15) is 6.04 Å². The lowest BCUT2D eigenvalue weighted by atomic mass is 9.96. The van der Waals surface area contributed by atoms with Crippen molar-refractivity contribution >= 4 is 39.1 Å². The topological polar surface area (TPSA) is 42.4 Å². The van der Waals surface area contributed by atoms with E-state index in [4.69, 9.17) is 21.3 Å². The number of carbonyl (C=O) groups is 1. The van der Waals surface area contributed by atoms with Gasteiger partial charge in [-0.05, 0) is 44.1 Å². The monoisotopic (exact) mass is 336 g/mol. The van der Waals surface area contributed by atoms with E-state index in [1.807, 2.05) is 18.2 Å². The van der Waals surface area contributed by atoms with Crippen molar-refractivity contribution in [2.24, 2.45) is 0 Å². The molecule has 4 nitrogen and oxygen atoms in total. The summed E-state index contributed by atoms with van der Waals surface area (Å²) < 4.78 is 6.27. The number of hydrogen-bond acceptors (Lipinski definition) is 5. The normalized spacial score (nSPS) is 24.0. The van der Waals surface area contributed by atoms with Crippen LogP contribution in [0, 0.1) is 0 Å². The molecule has 0 N–H and O–H groups in total. The first-order valence-corrected chi connectivity index (χ1v) is 8.87. The van der Waals surface area contributed by atoms with E-state index in [1.165, 1.54) is 9.71 Å². The average Bonchev–Trinajstić information content (AvgIpc) is 3.13. The number of ether oxygens (including phenoxy) is 1. The van der Waals surface area contributed by atoms with E-state index in [-0.39, 0.29) is 12.0 Å². The number of halogens is 1. The van der Waals surface area contributed by atoms with Crippen LogP contribution in [0.2, 0.25) is 5.02 Å². The predicted octanol–water partition coefficient (Wildman–Crippen LogP) is 3.44. The maximum Gasteiger partial charge on any atom is 0.323 e. The first kappa shape index (κ1) is 14.4. The van der Waals surface area contributed by atoms with Crippen LogP contribution < -0.4 is 0 Å². The number of cyclic esters (lactones) is 1. The molecule has 4 rings (SSSR count). The summed E-state index contributed by atoms with van der Waals surface area (Å²) in [5.74, 6) is 0.443. The fraction of sp³-hybridized carbons (Fsp3) is 0.500. The molecule has 2 aliphatic rings. The molecule has 1 atom stereocenters. The number of hydrogen-bond donors (Lipinski definition) is 0. The first-order valence-electron chi connectivity index (χ1n) is 7.67. The predicted molar refractivity (Wildman–Crippen MR) is 87.5 cm³/mol. The smallest absolute Gasteiger partial charge is 0.323 e. The Morgan fingerprint density at radius 2 is 2.09 bits per heavy atom. The maximum absolute atomic E-state index is 11.7. The molecule has 0 unspecified atom stereocenters. The van der Waals surface area contributed by atoms with Gasteiger partial charge in [-0.15, -0.1) is 11.3 Å². The number of piperidine rings is 1. The summed E-state index contributed by atoms with van der Waals surface area (Å²) in [5.41, 5.74) is 0.995. The van der Waals surface area contributed by atoms with Gasteiger partial charge in [-0.3, -0.25) is 9.69 Å². The van der Waals surface area contributed by atoms with Crippen LogP contribution in [0.15, 0.2) is 18.2 Å². The SMILES string of the molecule is O=C1OCC[C@@H]1N1CCC(c2nc3cc(Cl)ccc3s2)CC1. The number of nitrogens with zero attached hydrogens (tertiary/aromatic N) is 2. The minimum absolute atomic E-state index is 0.0184. The molecule has 2 aliphatic heterocycles. The number of benzene rings is 1. The van der Waals surface area contributed by atoms with Gasteiger partial charge in [0, 0.05) is 17.4 Å². The second-order valence-electron chi connectivity index (χ2n) is 5.95. The number of esters is 1. The molecular formula is C16H17ClN2O2S. The molecule has 1 aromatic carbocycles. The van der Waals surface area contributed by atoms with Gasteiger partial charge in [-0.1, -0.05) is 11.6 Å². The second-order valence-corrected chi connectivity index (χ2v) is 7.45. The molecule has 0 aliphatic carbocycles. The third kappa shape index (κ3) is 2.62. The van der Waals surface area contributed by atoms with E-state index >= 15 is 0 Å². The summed E-state index contributed by atoms with van der Waals surface area (Å²) in [7, 11) is 0. The highest BCUT2D eigenvalue weighted by molar-refractivity contribution is 7.18. The zero-order chi connectivity index (χ0) is 15.1. The lowest BCUT2D eigenvalue weighted by Crippen LogP contribution is -2.43. The highest BCUT2D eigenvalue weighted by Crippen LogP contribution is 2.35. The Balaban J connectivity index is 1.47. The van der Waals surface area contributed by atoms with Crippen LogP contribution in [0.4, 0.5) is 0 Å². The summed E-state index contributed by atoms with van der Waals surface area (Å²) in [5, 5.41) is 1.94. The standard InChI is InChI=1S/C16H17ClN2O2S/c17-11-1-2-14-12(9-11)18-15(22-14)10-3-6-19(7-4-10)13-5-8-21-16(13)20/h1-2,9-10,13H,3-8H2/t13-/m0/s1. The molecule has 0 amide bonds. The molecule has 3 heterocycles. The summed E-state index contributed by atoms with van der Waals surface area (Å²) in [6.07, 6.45) is 2.94. The molecular weight excluding hydrogens is 320 g/mol. The Hall–Kier alpha value is -1.17. The van der Waals surface area contributed by atoms with Crippen molar-refractivity contribution in [1.29, 1.82) is 0 Å². The Kier molecular flexibility index (Phi) is 3.80. The fourth-order valence-electron chi connectivity index (χ4n) is 3.37. The van der Waals surface area contributed by atoms with Crippen molar-refractivity contribution in [1.82, 2.24) is 9.88 Å². The zero-order valence-electron chi connectivity index (χ0n) is 12.1. The number of thiazole rings is 1. The van der Waals surface area contributed by atoms with Crippen molar-refractivity contribution in [3.63, 3.8) is 0 Å². The zero-order valence-corrected chi connectivity index (χ0v) is 13.7. The van der Waals surface area contributed by atoms with Gasteiger partial charge in [0.15, 0.2) is 0 Å². The lowest BCUT2D eigenvalue weighted by molar-refractivity contribution is -0.142. The molecule has 0 bridgehead atoms. The third-order valence-electron chi connectivity index (χ3n) is 4.59. The Morgan fingerprint density at radius 1 is 1.27 bits per heavy atom. The van der Waals surface area contributed by atoms with Crippen molar-refractivity contribution < 1.29 is 9.53 Å². The van der Waals surface area contributed by atoms with Crippen LogP contribution in [-0.2, 0) is 9.53 Å². The molecule has 0 radical (unpaired) electrons. The highest BCUT2D eigenvalue weighted by atomic mass is 35.5. The largest absolute Gasteiger partial charge is 0.464 e. The minimum Gasteiger partial charge on any atom is -0.464 e. The summed E-state index contributed by atoms with van der Waals surface area (Å²) in [4.78, 5) is 18.7. The minimum atomic E-state index is -0.0481. The van der Waals surface area contributed by atoms with Gasteiger partial charge in [-0.2, -0.15) is 0 Å². The van der Waals surface area contributed by atoms with E-state index < -0.39 is 0 Å². The summed E-state index contributed by atoms with van der Waals surface area (Å²) in [6.45, 7) is 2.46. The fourth-order valence-corrected chi connectivity index (χ4v) is 4.65. The molecule has 2 fully saturated rings. The van der Waals surface area contributed by atoms with E-state index in [2.05, 4.69) is 4.90 Å². The van der Waals surface area contributed by atoms with Crippen LogP contribution >= 0.6 is 22.9 Å². The molecule has 0 spiro atoms. The molecule has 22 heavy (non-hydrogen) atoms.